The molecule has 0 saturated carbocycles. The number of rotatable bonds is 5. The van der Waals surface area contributed by atoms with Gasteiger partial charge in [0.2, 0.25) is 0 Å². The number of aromatic hydroxyl groups is 1. The third-order valence-electron chi connectivity index (χ3n) is 2.73. The highest BCUT2D eigenvalue weighted by Crippen LogP contribution is 2.27. The molecule has 0 radical (unpaired) electrons. The number of benzene rings is 2. The van der Waals surface area contributed by atoms with Gasteiger partial charge in [0.25, 0.3) is 0 Å². The van der Waals surface area contributed by atoms with Crippen molar-refractivity contribution in [1.29, 1.82) is 0 Å². The monoisotopic (exact) mass is 286 g/mol. The minimum absolute atomic E-state index is 0.00992. The van der Waals surface area contributed by atoms with Crippen LogP contribution in [0.15, 0.2) is 48.5 Å². The lowest BCUT2D eigenvalue weighted by molar-refractivity contribution is -0.146. The van der Waals surface area contributed by atoms with E-state index in [4.69, 9.17) is 9.47 Å². The lowest BCUT2D eigenvalue weighted by Gasteiger charge is -2.11. The maximum atomic E-state index is 11.7. The van der Waals surface area contributed by atoms with Crippen LogP contribution in [0.5, 0.6) is 17.2 Å². The second kappa shape index (κ2) is 6.79. The van der Waals surface area contributed by atoms with Gasteiger partial charge in [-0.25, -0.2) is 0 Å². The van der Waals surface area contributed by atoms with Crippen molar-refractivity contribution in [1.82, 2.24) is 0 Å². The summed E-state index contributed by atoms with van der Waals surface area (Å²) in [4.78, 5) is 11.7. The molecule has 4 heteroatoms. The van der Waals surface area contributed by atoms with Gasteiger partial charge in [-0.2, -0.15) is 0 Å². The SMILES string of the molecule is CC(C)OC(=O)Cc1cc(Oc2ccccc2)ccc1O. The molecule has 21 heavy (non-hydrogen) atoms. The average molecular weight is 286 g/mol. The average Bonchev–Trinajstić information content (AvgIpc) is 2.43. The molecule has 0 fully saturated rings. The Morgan fingerprint density at radius 3 is 2.48 bits per heavy atom. The Kier molecular flexibility index (Phi) is 4.82. The number of phenolic OH excluding ortho intramolecular Hbond substituents is 1. The third-order valence-corrected chi connectivity index (χ3v) is 2.73. The first kappa shape index (κ1) is 14.9. The quantitative estimate of drug-likeness (QED) is 0.852. The molecule has 0 atom stereocenters. The van der Waals surface area contributed by atoms with Crippen molar-refractivity contribution in [3.05, 3.63) is 54.1 Å². The highest BCUT2D eigenvalue weighted by atomic mass is 16.5. The van der Waals surface area contributed by atoms with E-state index in [-0.39, 0.29) is 24.2 Å². The number of para-hydroxylation sites is 1. The van der Waals surface area contributed by atoms with Crippen molar-refractivity contribution in [2.45, 2.75) is 26.4 Å². The third kappa shape index (κ3) is 4.53. The molecule has 0 spiro atoms. The zero-order chi connectivity index (χ0) is 15.2. The van der Waals surface area contributed by atoms with Gasteiger partial charge in [-0.15, -0.1) is 0 Å². The summed E-state index contributed by atoms with van der Waals surface area (Å²) in [5.41, 5.74) is 0.481. The molecule has 0 aromatic heterocycles. The molecule has 0 aliphatic rings. The van der Waals surface area contributed by atoms with Crippen LogP contribution in [-0.2, 0) is 16.0 Å². The predicted molar refractivity (Wildman–Crippen MR) is 79.6 cm³/mol. The molecule has 0 heterocycles. The summed E-state index contributed by atoms with van der Waals surface area (Å²) in [5, 5.41) is 9.82. The lowest BCUT2D eigenvalue weighted by atomic mass is 10.1. The summed E-state index contributed by atoms with van der Waals surface area (Å²) in [6, 6.07) is 14.1. The highest BCUT2D eigenvalue weighted by Gasteiger charge is 2.12. The van der Waals surface area contributed by atoms with E-state index in [0.717, 1.165) is 0 Å². The molecule has 0 unspecified atom stereocenters. The predicted octanol–water partition coefficient (Wildman–Crippen LogP) is 3.68. The van der Waals surface area contributed by atoms with E-state index in [9.17, 15) is 9.90 Å². The topological polar surface area (TPSA) is 55.8 Å². The molecule has 0 saturated heterocycles. The van der Waals surface area contributed by atoms with Crippen molar-refractivity contribution < 1.29 is 19.4 Å². The Hall–Kier alpha value is -2.49. The Balaban J connectivity index is 2.12. The summed E-state index contributed by atoms with van der Waals surface area (Å²) < 4.78 is 10.7. The molecule has 2 aromatic rings. The normalized spacial score (nSPS) is 10.4. The standard InChI is InChI=1S/C17H18O4/c1-12(2)20-17(19)11-13-10-15(8-9-16(13)18)21-14-6-4-3-5-7-14/h3-10,12,18H,11H2,1-2H3. The van der Waals surface area contributed by atoms with Crippen LogP contribution in [0.4, 0.5) is 0 Å². The molecule has 2 aromatic carbocycles. The molecule has 110 valence electrons. The van der Waals surface area contributed by atoms with E-state index < -0.39 is 0 Å². The second-order valence-corrected chi connectivity index (χ2v) is 4.92. The second-order valence-electron chi connectivity index (χ2n) is 4.92. The van der Waals surface area contributed by atoms with Gasteiger partial charge in [-0.3, -0.25) is 4.79 Å². The minimum Gasteiger partial charge on any atom is -0.508 e. The number of esters is 1. The van der Waals surface area contributed by atoms with E-state index >= 15 is 0 Å². The lowest BCUT2D eigenvalue weighted by Crippen LogP contribution is -2.13. The van der Waals surface area contributed by atoms with Crippen molar-refractivity contribution in [3.63, 3.8) is 0 Å². The first-order chi connectivity index (χ1) is 10.0. The molecular formula is C17H18O4. The van der Waals surface area contributed by atoms with Crippen LogP contribution < -0.4 is 4.74 Å². The Bertz CT molecular complexity index is 605. The molecule has 0 bridgehead atoms. The molecule has 2 rings (SSSR count). The Morgan fingerprint density at radius 1 is 1.10 bits per heavy atom. The number of hydrogen-bond donors (Lipinski definition) is 1. The summed E-state index contributed by atoms with van der Waals surface area (Å²) in [7, 11) is 0. The van der Waals surface area contributed by atoms with E-state index in [1.807, 2.05) is 30.3 Å². The maximum absolute atomic E-state index is 11.7. The van der Waals surface area contributed by atoms with Gasteiger partial charge in [0.1, 0.15) is 17.2 Å². The fraction of sp³-hybridized carbons (Fsp3) is 0.235. The fourth-order valence-corrected chi connectivity index (χ4v) is 1.85. The van der Waals surface area contributed by atoms with Gasteiger partial charge in [0, 0.05) is 5.56 Å². The smallest absolute Gasteiger partial charge is 0.310 e. The van der Waals surface area contributed by atoms with Gasteiger partial charge < -0.3 is 14.6 Å². The number of ether oxygens (including phenoxy) is 2. The molecule has 4 nitrogen and oxygen atoms in total. The zero-order valence-electron chi connectivity index (χ0n) is 12.1. The largest absolute Gasteiger partial charge is 0.508 e. The first-order valence-electron chi connectivity index (χ1n) is 6.79. The van der Waals surface area contributed by atoms with Crippen molar-refractivity contribution >= 4 is 5.97 Å². The van der Waals surface area contributed by atoms with Crippen LogP contribution in [0.2, 0.25) is 0 Å². The summed E-state index contributed by atoms with van der Waals surface area (Å²) >= 11 is 0. The van der Waals surface area contributed by atoms with E-state index in [2.05, 4.69) is 0 Å². The summed E-state index contributed by atoms with van der Waals surface area (Å²) in [6.07, 6.45) is -0.167. The molecule has 0 aliphatic carbocycles. The molecule has 0 aliphatic heterocycles. The van der Waals surface area contributed by atoms with Crippen molar-refractivity contribution in [2.24, 2.45) is 0 Å². The van der Waals surface area contributed by atoms with E-state index in [1.165, 1.54) is 6.07 Å². The first-order valence-corrected chi connectivity index (χ1v) is 6.79. The van der Waals surface area contributed by atoms with E-state index in [1.54, 1.807) is 26.0 Å². The Labute approximate surface area is 123 Å². The zero-order valence-corrected chi connectivity index (χ0v) is 12.1. The van der Waals surface area contributed by atoms with Crippen LogP contribution in [0.1, 0.15) is 19.4 Å². The van der Waals surface area contributed by atoms with Crippen LogP contribution >= 0.6 is 0 Å². The van der Waals surface area contributed by atoms with Crippen LogP contribution in [0.3, 0.4) is 0 Å². The van der Waals surface area contributed by atoms with Crippen molar-refractivity contribution in [2.75, 3.05) is 0 Å². The van der Waals surface area contributed by atoms with Crippen LogP contribution in [-0.4, -0.2) is 17.2 Å². The van der Waals surface area contributed by atoms with Crippen LogP contribution in [0.25, 0.3) is 0 Å². The maximum Gasteiger partial charge on any atom is 0.310 e. The van der Waals surface area contributed by atoms with Gasteiger partial charge in [-0.05, 0) is 44.2 Å². The summed E-state index contributed by atoms with van der Waals surface area (Å²) in [5.74, 6) is 0.929. The van der Waals surface area contributed by atoms with Gasteiger partial charge in [0.15, 0.2) is 0 Å². The fourth-order valence-electron chi connectivity index (χ4n) is 1.85. The van der Waals surface area contributed by atoms with Gasteiger partial charge in [-0.1, -0.05) is 18.2 Å². The number of hydrogen-bond acceptors (Lipinski definition) is 4. The van der Waals surface area contributed by atoms with Crippen molar-refractivity contribution in [3.8, 4) is 17.2 Å². The van der Waals surface area contributed by atoms with E-state index in [0.29, 0.717) is 17.1 Å². The van der Waals surface area contributed by atoms with Gasteiger partial charge >= 0.3 is 5.97 Å². The van der Waals surface area contributed by atoms with Crippen LogP contribution in [0, 0.1) is 0 Å². The number of carbonyl (C=O) groups is 1. The molecule has 1 N–H and O–H groups in total. The Morgan fingerprint density at radius 2 is 1.81 bits per heavy atom. The molecule has 0 amide bonds. The number of phenols is 1. The highest BCUT2D eigenvalue weighted by molar-refractivity contribution is 5.74. The van der Waals surface area contributed by atoms with Gasteiger partial charge in [0.05, 0.1) is 12.5 Å². The minimum atomic E-state index is -0.378. The molecular weight excluding hydrogens is 268 g/mol. The summed E-state index contributed by atoms with van der Waals surface area (Å²) in [6.45, 7) is 3.57. The number of carbonyl (C=O) groups excluding carboxylic acids is 1.